The quantitative estimate of drug-likeness (QED) is 0.787. The fourth-order valence-corrected chi connectivity index (χ4v) is 3.33. The van der Waals surface area contributed by atoms with Gasteiger partial charge in [0.25, 0.3) is 0 Å². The summed E-state index contributed by atoms with van der Waals surface area (Å²) in [6.07, 6.45) is 0. The summed E-state index contributed by atoms with van der Waals surface area (Å²) in [5, 5.41) is 10.9. The van der Waals surface area contributed by atoms with Crippen molar-refractivity contribution in [3.63, 3.8) is 0 Å². The predicted molar refractivity (Wildman–Crippen MR) is 87.6 cm³/mol. The highest BCUT2D eigenvalue weighted by Crippen LogP contribution is 2.31. The molecule has 0 bridgehead atoms. The van der Waals surface area contributed by atoms with Crippen molar-refractivity contribution in [1.82, 2.24) is 10.2 Å². The molecule has 106 valence electrons. The highest BCUT2D eigenvalue weighted by atomic mass is 35.5. The third-order valence-corrected chi connectivity index (χ3v) is 4.56. The maximum absolute atomic E-state index is 6.26. The average molecular weight is 316 g/mol. The van der Waals surface area contributed by atoms with Crippen LogP contribution in [0.4, 0.5) is 0 Å². The summed E-state index contributed by atoms with van der Waals surface area (Å²) >= 11 is 7.51. The van der Waals surface area contributed by atoms with Crippen molar-refractivity contribution < 1.29 is 0 Å². The van der Waals surface area contributed by atoms with Crippen molar-refractivity contribution in [2.45, 2.75) is 13.0 Å². The molecule has 1 aromatic heterocycles. The standard InChI is InChI=1S/C16H14ClN3S/c1-10-9-12(17)7-8-13(10)15-19-20-16(21-15)14(18)11-5-3-2-4-6-11/h2-9,14H,18H2,1H3. The number of nitrogens with two attached hydrogens (primary N) is 1. The Morgan fingerprint density at radius 2 is 1.86 bits per heavy atom. The first kappa shape index (κ1) is 14.2. The van der Waals surface area contributed by atoms with Crippen LogP contribution in [0.5, 0.6) is 0 Å². The van der Waals surface area contributed by atoms with Crippen LogP contribution in [-0.2, 0) is 0 Å². The molecule has 0 amide bonds. The van der Waals surface area contributed by atoms with E-state index < -0.39 is 0 Å². The second-order valence-corrected chi connectivity index (χ2v) is 6.24. The van der Waals surface area contributed by atoms with Crippen molar-refractivity contribution in [2.75, 3.05) is 0 Å². The lowest BCUT2D eigenvalue weighted by Crippen LogP contribution is -2.11. The Hall–Kier alpha value is -1.75. The van der Waals surface area contributed by atoms with Crippen LogP contribution in [0.3, 0.4) is 0 Å². The van der Waals surface area contributed by atoms with Crippen LogP contribution in [0.1, 0.15) is 22.2 Å². The molecule has 21 heavy (non-hydrogen) atoms. The molecular formula is C16H14ClN3S. The lowest BCUT2D eigenvalue weighted by Gasteiger charge is -2.07. The highest BCUT2D eigenvalue weighted by molar-refractivity contribution is 7.14. The molecule has 1 atom stereocenters. The summed E-state index contributed by atoms with van der Waals surface area (Å²) in [7, 11) is 0. The van der Waals surface area contributed by atoms with E-state index in [2.05, 4.69) is 10.2 Å². The molecular weight excluding hydrogens is 302 g/mol. The van der Waals surface area contributed by atoms with E-state index in [1.54, 1.807) is 0 Å². The van der Waals surface area contributed by atoms with Gasteiger partial charge in [0.05, 0.1) is 6.04 Å². The first-order chi connectivity index (χ1) is 10.1. The number of benzene rings is 2. The summed E-state index contributed by atoms with van der Waals surface area (Å²) in [5.41, 5.74) is 9.42. The second kappa shape index (κ2) is 5.93. The number of rotatable bonds is 3. The fraction of sp³-hybridized carbons (Fsp3) is 0.125. The van der Waals surface area contributed by atoms with Crippen molar-refractivity contribution in [3.05, 3.63) is 69.7 Å². The van der Waals surface area contributed by atoms with E-state index in [0.717, 1.165) is 31.7 Å². The maximum atomic E-state index is 6.26. The Morgan fingerprint density at radius 1 is 1.10 bits per heavy atom. The van der Waals surface area contributed by atoms with E-state index in [1.807, 2.05) is 55.5 Å². The third-order valence-electron chi connectivity index (χ3n) is 3.28. The molecule has 3 rings (SSSR count). The average Bonchev–Trinajstić information content (AvgIpc) is 2.97. The van der Waals surface area contributed by atoms with E-state index in [4.69, 9.17) is 17.3 Å². The van der Waals surface area contributed by atoms with E-state index in [0.29, 0.717) is 0 Å². The first-order valence-corrected chi connectivity index (χ1v) is 7.75. The predicted octanol–water partition coefficient (Wildman–Crippen LogP) is 4.22. The highest BCUT2D eigenvalue weighted by Gasteiger charge is 2.16. The van der Waals surface area contributed by atoms with Crippen LogP contribution in [0.25, 0.3) is 10.6 Å². The molecule has 5 heteroatoms. The van der Waals surface area contributed by atoms with Gasteiger partial charge in [-0.15, -0.1) is 10.2 Å². The molecule has 3 nitrogen and oxygen atoms in total. The SMILES string of the molecule is Cc1cc(Cl)ccc1-c1nnc(C(N)c2ccccc2)s1. The van der Waals surface area contributed by atoms with Crippen LogP contribution in [0.2, 0.25) is 5.02 Å². The molecule has 2 N–H and O–H groups in total. The van der Waals surface area contributed by atoms with Gasteiger partial charge in [-0.1, -0.05) is 59.3 Å². The number of aryl methyl sites for hydroxylation is 1. The zero-order chi connectivity index (χ0) is 14.8. The molecule has 1 heterocycles. The van der Waals surface area contributed by atoms with E-state index in [9.17, 15) is 0 Å². The largest absolute Gasteiger partial charge is 0.318 e. The molecule has 0 saturated heterocycles. The minimum atomic E-state index is -0.245. The molecule has 3 aromatic rings. The molecule has 1 unspecified atom stereocenters. The minimum Gasteiger partial charge on any atom is -0.318 e. The van der Waals surface area contributed by atoms with Crippen molar-refractivity contribution in [1.29, 1.82) is 0 Å². The Morgan fingerprint density at radius 3 is 2.57 bits per heavy atom. The van der Waals surface area contributed by atoms with Gasteiger partial charge < -0.3 is 5.73 Å². The van der Waals surface area contributed by atoms with Gasteiger partial charge in [-0.05, 0) is 30.2 Å². The normalized spacial score (nSPS) is 12.3. The van der Waals surface area contributed by atoms with Gasteiger partial charge in [0.1, 0.15) is 10.0 Å². The number of aromatic nitrogens is 2. The summed E-state index contributed by atoms with van der Waals surface area (Å²) in [6, 6.07) is 15.4. The Bertz CT molecular complexity index is 755. The lowest BCUT2D eigenvalue weighted by molar-refractivity contribution is 0.831. The monoisotopic (exact) mass is 315 g/mol. The molecule has 0 aliphatic rings. The lowest BCUT2D eigenvalue weighted by atomic mass is 10.1. The summed E-state index contributed by atoms with van der Waals surface area (Å²) in [4.78, 5) is 0. The van der Waals surface area contributed by atoms with Gasteiger partial charge in [0, 0.05) is 10.6 Å². The molecule has 0 saturated carbocycles. The van der Waals surface area contributed by atoms with Gasteiger partial charge in [-0.25, -0.2) is 0 Å². The van der Waals surface area contributed by atoms with Gasteiger partial charge in [-0.2, -0.15) is 0 Å². The van der Waals surface area contributed by atoms with Crippen molar-refractivity contribution in [2.24, 2.45) is 5.73 Å². The van der Waals surface area contributed by atoms with Crippen molar-refractivity contribution in [3.8, 4) is 10.6 Å². The molecule has 0 aliphatic heterocycles. The van der Waals surface area contributed by atoms with Crippen LogP contribution in [0.15, 0.2) is 48.5 Å². The summed E-state index contributed by atoms with van der Waals surface area (Å²) < 4.78 is 0. The van der Waals surface area contributed by atoms with E-state index >= 15 is 0 Å². The van der Waals surface area contributed by atoms with Gasteiger partial charge in [0.2, 0.25) is 0 Å². The van der Waals surface area contributed by atoms with Crippen LogP contribution < -0.4 is 5.73 Å². The van der Waals surface area contributed by atoms with Crippen molar-refractivity contribution >= 4 is 22.9 Å². The number of hydrogen-bond donors (Lipinski definition) is 1. The maximum Gasteiger partial charge on any atom is 0.148 e. The zero-order valence-corrected chi connectivity index (χ0v) is 13.0. The molecule has 0 aliphatic carbocycles. The zero-order valence-electron chi connectivity index (χ0n) is 11.5. The summed E-state index contributed by atoms with van der Waals surface area (Å²) in [6.45, 7) is 2.01. The second-order valence-electron chi connectivity index (χ2n) is 4.79. The summed E-state index contributed by atoms with van der Waals surface area (Å²) in [5.74, 6) is 0. The number of hydrogen-bond acceptors (Lipinski definition) is 4. The molecule has 0 radical (unpaired) electrons. The Balaban J connectivity index is 1.93. The smallest absolute Gasteiger partial charge is 0.148 e. The molecule has 2 aromatic carbocycles. The molecule has 0 fully saturated rings. The van der Waals surface area contributed by atoms with Crippen LogP contribution in [-0.4, -0.2) is 10.2 Å². The minimum absolute atomic E-state index is 0.245. The number of halogens is 1. The first-order valence-electron chi connectivity index (χ1n) is 6.55. The topological polar surface area (TPSA) is 51.8 Å². The molecule has 0 spiro atoms. The third kappa shape index (κ3) is 2.97. The van der Waals surface area contributed by atoms with E-state index in [1.165, 1.54) is 11.3 Å². The number of nitrogens with zero attached hydrogens (tertiary/aromatic N) is 2. The Kier molecular flexibility index (Phi) is 4.01. The fourth-order valence-electron chi connectivity index (χ4n) is 2.14. The van der Waals surface area contributed by atoms with Gasteiger partial charge in [0.15, 0.2) is 0 Å². The van der Waals surface area contributed by atoms with Gasteiger partial charge >= 0.3 is 0 Å². The van der Waals surface area contributed by atoms with E-state index in [-0.39, 0.29) is 6.04 Å². The van der Waals surface area contributed by atoms with Gasteiger partial charge in [-0.3, -0.25) is 0 Å². The Labute approximate surface area is 132 Å². The van der Waals surface area contributed by atoms with Crippen LogP contribution in [0, 0.1) is 6.92 Å². The van der Waals surface area contributed by atoms with Crippen LogP contribution >= 0.6 is 22.9 Å².